The third kappa shape index (κ3) is 7.68. The predicted octanol–water partition coefficient (Wildman–Crippen LogP) is 4.31. The van der Waals surface area contributed by atoms with Crippen LogP contribution in [-0.4, -0.2) is 42.5 Å². The quantitative estimate of drug-likeness (QED) is 0.465. The molecule has 1 fully saturated rings. The Balaban J connectivity index is 1.73. The smallest absolute Gasteiger partial charge is 0.407 e. The number of esters is 1. The van der Waals surface area contributed by atoms with E-state index in [0.717, 1.165) is 17.5 Å². The van der Waals surface area contributed by atoms with Crippen molar-refractivity contribution >= 4 is 12.1 Å². The minimum absolute atomic E-state index is 0.00925. The first kappa shape index (κ1) is 23.8. The highest BCUT2D eigenvalue weighted by molar-refractivity contribution is 5.68. The SMILES string of the molecule is CC(=O)OC[C@H](Cc1ccccc1)[C@@H]1O[C@H]1[C@H](Cc1ccccc1)NC(=O)OC(C)(C)C. The summed E-state index contributed by atoms with van der Waals surface area (Å²) in [7, 11) is 0. The summed E-state index contributed by atoms with van der Waals surface area (Å²) in [6, 6.07) is 19.8. The van der Waals surface area contributed by atoms with Gasteiger partial charge in [0.25, 0.3) is 0 Å². The van der Waals surface area contributed by atoms with Crippen molar-refractivity contribution in [1.82, 2.24) is 5.32 Å². The summed E-state index contributed by atoms with van der Waals surface area (Å²) >= 11 is 0. The van der Waals surface area contributed by atoms with E-state index >= 15 is 0 Å². The van der Waals surface area contributed by atoms with Gasteiger partial charge < -0.3 is 19.5 Å². The highest BCUT2D eigenvalue weighted by Gasteiger charge is 2.50. The molecule has 172 valence electrons. The molecule has 1 heterocycles. The average molecular weight is 440 g/mol. The molecule has 0 spiro atoms. The highest BCUT2D eigenvalue weighted by atomic mass is 16.6. The number of ether oxygens (including phenoxy) is 3. The largest absolute Gasteiger partial charge is 0.465 e. The molecule has 1 aliphatic heterocycles. The first-order chi connectivity index (χ1) is 15.2. The number of benzene rings is 2. The number of amides is 1. The minimum atomic E-state index is -0.587. The Morgan fingerprint density at radius 3 is 2.03 bits per heavy atom. The Kier molecular flexibility index (Phi) is 7.91. The lowest BCUT2D eigenvalue weighted by Gasteiger charge is -2.23. The molecular formula is C26H33NO5. The van der Waals surface area contributed by atoms with E-state index in [1.54, 1.807) is 0 Å². The molecule has 0 bridgehead atoms. The zero-order valence-corrected chi connectivity index (χ0v) is 19.2. The number of alkyl carbamates (subject to hydrolysis) is 1. The van der Waals surface area contributed by atoms with Crippen LogP contribution >= 0.6 is 0 Å². The topological polar surface area (TPSA) is 77.2 Å². The van der Waals surface area contributed by atoms with E-state index in [2.05, 4.69) is 17.4 Å². The van der Waals surface area contributed by atoms with Crippen molar-refractivity contribution in [3.05, 3.63) is 71.8 Å². The first-order valence-corrected chi connectivity index (χ1v) is 11.1. The summed E-state index contributed by atoms with van der Waals surface area (Å²) in [5.74, 6) is -0.321. The molecule has 0 saturated carbocycles. The van der Waals surface area contributed by atoms with Crippen molar-refractivity contribution in [1.29, 1.82) is 0 Å². The second-order valence-corrected chi connectivity index (χ2v) is 9.26. The summed E-state index contributed by atoms with van der Waals surface area (Å²) in [5.41, 5.74) is 1.66. The Morgan fingerprint density at radius 1 is 0.938 bits per heavy atom. The average Bonchev–Trinajstić information content (AvgIpc) is 3.51. The van der Waals surface area contributed by atoms with Gasteiger partial charge in [-0.2, -0.15) is 0 Å². The second kappa shape index (κ2) is 10.6. The lowest BCUT2D eigenvalue weighted by atomic mass is 9.91. The summed E-state index contributed by atoms with van der Waals surface area (Å²) in [5, 5.41) is 3.00. The van der Waals surface area contributed by atoms with Crippen LogP contribution in [0.4, 0.5) is 4.79 Å². The van der Waals surface area contributed by atoms with Crippen LogP contribution in [0.25, 0.3) is 0 Å². The lowest BCUT2D eigenvalue weighted by Crippen LogP contribution is -2.44. The van der Waals surface area contributed by atoms with Crippen LogP contribution in [0.5, 0.6) is 0 Å². The molecule has 6 heteroatoms. The molecule has 2 aromatic carbocycles. The highest BCUT2D eigenvalue weighted by Crippen LogP contribution is 2.35. The summed E-state index contributed by atoms with van der Waals surface area (Å²) < 4.78 is 16.9. The molecule has 0 aromatic heterocycles. The number of nitrogens with one attached hydrogen (secondary N) is 1. The van der Waals surface area contributed by atoms with E-state index in [0.29, 0.717) is 6.42 Å². The van der Waals surface area contributed by atoms with Crippen molar-refractivity contribution < 1.29 is 23.8 Å². The van der Waals surface area contributed by atoms with Crippen molar-refractivity contribution in [2.24, 2.45) is 5.92 Å². The number of hydrogen-bond donors (Lipinski definition) is 1. The van der Waals surface area contributed by atoms with Crippen LogP contribution in [0.1, 0.15) is 38.8 Å². The predicted molar refractivity (Wildman–Crippen MR) is 122 cm³/mol. The zero-order chi connectivity index (χ0) is 23.1. The Bertz CT molecular complexity index is 878. The normalized spacial score (nSPS) is 19.5. The number of rotatable bonds is 9. The standard InChI is InChI=1S/C26H33NO5/c1-18(28)30-17-21(15-19-11-7-5-8-12-19)23-24(31-23)22(16-20-13-9-6-10-14-20)27-25(29)32-26(2,3)4/h5-14,21-24H,15-17H2,1-4H3,(H,27,29)/t21-,22-,23-,24-/m0/s1. The fourth-order valence-corrected chi connectivity index (χ4v) is 3.83. The molecule has 32 heavy (non-hydrogen) atoms. The Hall–Kier alpha value is -2.86. The van der Waals surface area contributed by atoms with Gasteiger partial charge in [0.1, 0.15) is 11.7 Å². The van der Waals surface area contributed by atoms with E-state index < -0.39 is 11.7 Å². The van der Waals surface area contributed by atoms with Crippen molar-refractivity contribution in [3.63, 3.8) is 0 Å². The fraction of sp³-hybridized carbons (Fsp3) is 0.462. The van der Waals surface area contributed by atoms with Crippen LogP contribution in [0, 0.1) is 5.92 Å². The maximum Gasteiger partial charge on any atom is 0.407 e. The molecule has 2 aromatic rings. The summed E-state index contributed by atoms with van der Waals surface area (Å²) in [4.78, 5) is 24.0. The van der Waals surface area contributed by atoms with E-state index in [4.69, 9.17) is 14.2 Å². The molecule has 1 amide bonds. The van der Waals surface area contributed by atoms with Gasteiger partial charge in [-0.25, -0.2) is 4.79 Å². The van der Waals surface area contributed by atoms with E-state index in [9.17, 15) is 9.59 Å². The molecule has 1 aliphatic rings. The van der Waals surface area contributed by atoms with Gasteiger partial charge in [0.2, 0.25) is 0 Å². The minimum Gasteiger partial charge on any atom is -0.465 e. The molecule has 1 saturated heterocycles. The van der Waals surface area contributed by atoms with Crippen molar-refractivity contribution in [2.75, 3.05) is 6.61 Å². The molecule has 0 radical (unpaired) electrons. The molecular weight excluding hydrogens is 406 g/mol. The molecule has 0 aliphatic carbocycles. The number of hydrogen-bond acceptors (Lipinski definition) is 5. The van der Waals surface area contributed by atoms with Crippen molar-refractivity contribution in [3.8, 4) is 0 Å². The van der Waals surface area contributed by atoms with E-state index in [-0.39, 0.29) is 36.7 Å². The zero-order valence-electron chi connectivity index (χ0n) is 19.2. The first-order valence-electron chi connectivity index (χ1n) is 11.1. The van der Waals surface area contributed by atoms with Gasteiger partial charge >= 0.3 is 12.1 Å². The molecule has 3 rings (SSSR count). The third-order valence-corrected chi connectivity index (χ3v) is 5.26. The van der Waals surface area contributed by atoms with Gasteiger partial charge in [-0.3, -0.25) is 4.79 Å². The van der Waals surface area contributed by atoms with E-state index in [1.165, 1.54) is 6.92 Å². The maximum atomic E-state index is 12.5. The van der Waals surface area contributed by atoms with Crippen LogP contribution in [0.15, 0.2) is 60.7 Å². The Morgan fingerprint density at radius 2 is 1.50 bits per heavy atom. The maximum absolute atomic E-state index is 12.5. The van der Waals surface area contributed by atoms with Gasteiger partial charge in [0.05, 0.1) is 18.8 Å². The second-order valence-electron chi connectivity index (χ2n) is 9.26. The number of carbonyl (C=O) groups excluding carboxylic acids is 2. The summed E-state index contributed by atoms with van der Waals surface area (Å²) in [6.45, 7) is 7.20. The lowest BCUT2D eigenvalue weighted by molar-refractivity contribution is -0.142. The summed E-state index contributed by atoms with van der Waals surface area (Å²) in [6.07, 6.45) is 0.560. The van der Waals surface area contributed by atoms with Crippen LogP contribution in [0.3, 0.4) is 0 Å². The van der Waals surface area contributed by atoms with Gasteiger partial charge in [0.15, 0.2) is 0 Å². The third-order valence-electron chi connectivity index (χ3n) is 5.26. The molecule has 4 atom stereocenters. The molecule has 0 unspecified atom stereocenters. The molecule has 1 N–H and O–H groups in total. The van der Waals surface area contributed by atoms with Gasteiger partial charge in [0, 0.05) is 12.8 Å². The van der Waals surface area contributed by atoms with E-state index in [1.807, 2.05) is 69.3 Å². The van der Waals surface area contributed by atoms with Crippen molar-refractivity contribution in [2.45, 2.75) is 64.4 Å². The monoisotopic (exact) mass is 439 g/mol. The van der Waals surface area contributed by atoms with Crippen LogP contribution in [-0.2, 0) is 31.8 Å². The van der Waals surface area contributed by atoms with Gasteiger partial charge in [-0.05, 0) is 44.7 Å². The fourth-order valence-electron chi connectivity index (χ4n) is 3.83. The van der Waals surface area contributed by atoms with Crippen LogP contribution in [0.2, 0.25) is 0 Å². The number of carbonyl (C=O) groups is 2. The number of epoxide rings is 1. The Labute approximate surface area is 190 Å². The van der Waals surface area contributed by atoms with Gasteiger partial charge in [-0.15, -0.1) is 0 Å². The molecule has 6 nitrogen and oxygen atoms in total. The van der Waals surface area contributed by atoms with Gasteiger partial charge in [-0.1, -0.05) is 60.7 Å². The van der Waals surface area contributed by atoms with Crippen LogP contribution < -0.4 is 5.32 Å².